The van der Waals surface area contributed by atoms with Crippen molar-refractivity contribution in [3.05, 3.63) is 47.3 Å². The number of aromatic nitrogens is 2. The molecule has 0 atom stereocenters. The average Bonchev–Trinajstić information content (AvgIpc) is 2.93. The summed E-state index contributed by atoms with van der Waals surface area (Å²) >= 11 is 0. The van der Waals surface area contributed by atoms with Gasteiger partial charge in [-0.3, -0.25) is 4.68 Å². The van der Waals surface area contributed by atoms with Crippen molar-refractivity contribution in [2.45, 2.75) is 46.8 Å². The number of aliphatic hydroxyl groups is 1. The normalized spacial score (nSPS) is 10.9. The lowest BCUT2D eigenvalue weighted by molar-refractivity contribution is 0.252. The molecule has 0 spiro atoms. The summed E-state index contributed by atoms with van der Waals surface area (Å²) in [4.78, 5) is 12.0. The Morgan fingerprint density at radius 1 is 1.24 bits per heavy atom. The van der Waals surface area contributed by atoms with E-state index in [0.717, 1.165) is 41.9 Å². The minimum absolute atomic E-state index is 0.0468. The van der Waals surface area contributed by atoms with Crippen molar-refractivity contribution in [2.75, 3.05) is 11.9 Å². The number of nitrogens with zero attached hydrogens (tertiary/aromatic N) is 2. The summed E-state index contributed by atoms with van der Waals surface area (Å²) in [5.41, 5.74) is 3.72. The fourth-order valence-corrected chi connectivity index (χ4v) is 2.47. The Kier molecular flexibility index (Phi) is 7.01. The Morgan fingerprint density at radius 2 is 1.92 bits per heavy atom. The highest BCUT2D eigenvalue weighted by atomic mass is 16.3. The van der Waals surface area contributed by atoms with Crippen molar-refractivity contribution in [3.63, 3.8) is 0 Å². The van der Waals surface area contributed by atoms with Gasteiger partial charge in [-0.05, 0) is 36.8 Å². The molecule has 0 fully saturated rings. The van der Waals surface area contributed by atoms with E-state index in [9.17, 15) is 4.79 Å². The van der Waals surface area contributed by atoms with Gasteiger partial charge in [0, 0.05) is 13.1 Å². The van der Waals surface area contributed by atoms with Gasteiger partial charge in [0.2, 0.25) is 0 Å². The van der Waals surface area contributed by atoms with Gasteiger partial charge in [0.15, 0.2) is 0 Å². The van der Waals surface area contributed by atoms with Gasteiger partial charge >= 0.3 is 6.03 Å². The number of urea groups is 1. The van der Waals surface area contributed by atoms with E-state index < -0.39 is 0 Å². The first-order valence-electron chi connectivity index (χ1n) is 8.75. The molecule has 0 aliphatic heterocycles. The number of hydrogen-bond donors (Lipinski definition) is 3. The maximum atomic E-state index is 12.0. The lowest BCUT2D eigenvalue weighted by Gasteiger charge is -2.09. The number of anilines is 1. The predicted octanol–water partition coefficient (Wildman–Crippen LogP) is 3.09. The van der Waals surface area contributed by atoms with Crippen LogP contribution >= 0.6 is 0 Å². The number of rotatable bonds is 8. The molecule has 2 amide bonds. The van der Waals surface area contributed by atoms with E-state index in [0.29, 0.717) is 12.5 Å². The molecule has 25 heavy (non-hydrogen) atoms. The number of carbonyl (C=O) groups excluding carboxylic acids is 1. The van der Waals surface area contributed by atoms with Crippen LogP contribution in [0.2, 0.25) is 0 Å². The second-order valence-electron chi connectivity index (χ2n) is 6.65. The van der Waals surface area contributed by atoms with Crippen LogP contribution in [0.3, 0.4) is 0 Å². The first kappa shape index (κ1) is 19.0. The fraction of sp³-hybridized carbons (Fsp3) is 0.474. The van der Waals surface area contributed by atoms with Crippen LogP contribution < -0.4 is 10.6 Å². The van der Waals surface area contributed by atoms with Crippen LogP contribution in [0.25, 0.3) is 0 Å². The zero-order valence-electron chi connectivity index (χ0n) is 15.2. The van der Waals surface area contributed by atoms with Gasteiger partial charge in [0.25, 0.3) is 0 Å². The summed E-state index contributed by atoms with van der Waals surface area (Å²) in [6.45, 7) is 7.78. The number of hydrogen-bond acceptors (Lipinski definition) is 3. The third-order valence-corrected chi connectivity index (χ3v) is 4.17. The quantitative estimate of drug-likeness (QED) is 0.688. The highest BCUT2D eigenvalue weighted by Gasteiger charge is 2.09. The van der Waals surface area contributed by atoms with E-state index >= 15 is 0 Å². The molecule has 0 saturated carbocycles. The molecular weight excluding hydrogens is 316 g/mol. The zero-order valence-corrected chi connectivity index (χ0v) is 15.2. The van der Waals surface area contributed by atoms with Crippen molar-refractivity contribution >= 4 is 11.7 Å². The van der Waals surface area contributed by atoms with E-state index in [4.69, 9.17) is 5.11 Å². The largest absolute Gasteiger partial charge is 0.392 e. The monoisotopic (exact) mass is 344 g/mol. The third kappa shape index (κ3) is 5.90. The summed E-state index contributed by atoms with van der Waals surface area (Å²) < 4.78 is 1.93. The fourth-order valence-electron chi connectivity index (χ4n) is 2.47. The third-order valence-electron chi connectivity index (χ3n) is 4.17. The molecule has 6 heteroatoms. The molecule has 3 N–H and O–H groups in total. The lowest BCUT2D eigenvalue weighted by Crippen LogP contribution is -2.30. The molecule has 0 aliphatic carbocycles. The van der Waals surface area contributed by atoms with E-state index in [1.165, 1.54) is 0 Å². The molecule has 0 radical (unpaired) electrons. The topological polar surface area (TPSA) is 79.2 Å². The van der Waals surface area contributed by atoms with Gasteiger partial charge in [-0.25, -0.2) is 4.79 Å². The van der Waals surface area contributed by atoms with Crippen LogP contribution in [-0.2, 0) is 19.6 Å². The van der Waals surface area contributed by atoms with Crippen molar-refractivity contribution in [1.82, 2.24) is 15.1 Å². The maximum absolute atomic E-state index is 12.0. The van der Waals surface area contributed by atoms with Crippen molar-refractivity contribution < 1.29 is 9.90 Å². The van der Waals surface area contributed by atoms with Gasteiger partial charge in [-0.1, -0.05) is 38.1 Å². The molecule has 1 aromatic carbocycles. The van der Waals surface area contributed by atoms with Crippen molar-refractivity contribution in [2.24, 2.45) is 5.92 Å². The minimum Gasteiger partial charge on any atom is -0.392 e. The number of aliphatic hydroxyl groups excluding tert-OH is 1. The van der Waals surface area contributed by atoms with Crippen LogP contribution in [0.5, 0.6) is 0 Å². The van der Waals surface area contributed by atoms with Crippen LogP contribution in [-0.4, -0.2) is 27.5 Å². The van der Waals surface area contributed by atoms with Gasteiger partial charge in [-0.15, -0.1) is 0 Å². The maximum Gasteiger partial charge on any atom is 0.319 e. The summed E-state index contributed by atoms with van der Waals surface area (Å²) in [6.07, 6.45) is 3.50. The molecule has 1 heterocycles. The highest BCUT2D eigenvalue weighted by Crippen LogP contribution is 2.15. The number of nitrogens with one attached hydrogen (secondary N) is 2. The lowest BCUT2D eigenvalue weighted by atomic mass is 10.1. The molecular formula is C19H28N4O2. The number of aryl methyl sites for hydroxylation is 1. The molecule has 0 bridgehead atoms. The number of benzene rings is 1. The van der Waals surface area contributed by atoms with Gasteiger partial charge in [0.1, 0.15) is 0 Å². The predicted molar refractivity (Wildman–Crippen MR) is 99.5 cm³/mol. The van der Waals surface area contributed by atoms with Crippen LogP contribution in [0.15, 0.2) is 30.5 Å². The second-order valence-corrected chi connectivity index (χ2v) is 6.65. The Labute approximate surface area is 149 Å². The molecule has 2 aromatic rings. The number of carbonyl (C=O) groups is 1. The van der Waals surface area contributed by atoms with Crippen molar-refractivity contribution in [1.29, 1.82) is 0 Å². The van der Waals surface area contributed by atoms with E-state index in [2.05, 4.69) is 29.6 Å². The van der Waals surface area contributed by atoms with E-state index in [-0.39, 0.29) is 12.6 Å². The first-order valence-corrected chi connectivity index (χ1v) is 8.75. The summed E-state index contributed by atoms with van der Waals surface area (Å²) in [5.74, 6) is 0.620. The van der Waals surface area contributed by atoms with E-state index in [1.807, 2.05) is 35.9 Å². The Morgan fingerprint density at radius 3 is 2.56 bits per heavy atom. The summed E-state index contributed by atoms with van der Waals surface area (Å²) in [6, 6.07) is 7.50. The van der Waals surface area contributed by atoms with Gasteiger partial charge in [0.05, 0.1) is 24.2 Å². The highest BCUT2D eigenvalue weighted by molar-refractivity contribution is 5.89. The minimum atomic E-state index is -0.224. The Bertz CT molecular complexity index is 677. The van der Waals surface area contributed by atoms with E-state index in [1.54, 1.807) is 6.20 Å². The zero-order chi connectivity index (χ0) is 18.2. The molecule has 0 saturated heterocycles. The van der Waals surface area contributed by atoms with Gasteiger partial charge in [-0.2, -0.15) is 5.10 Å². The molecule has 0 aliphatic rings. The Balaban J connectivity index is 1.78. The van der Waals surface area contributed by atoms with Crippen LogP contribution in [0, 0.1) is 12.8 Å². The molecule has 6 nitrogen and oxygen atoms in total. The average molecular weight is 344 g/mol. The summed E-state index contributed by atoms with van der Waals surface area (Å²) in [5, 5.41) is 19.1. The Hall–Kier alpha value is -2.34. The smallest absolute Gasteiger partial charge is 0.319 e. The summed E-state index contributed by atoms with van der Waals surface area (Å²) in [7, 11) is 0. The van der Waals surface area contributed by atoms with Crippen LogP contribution in [0.1, 0.15) is 37.1 Å². The molecule has 1 aromatic heterocycles. The molecule has 136 valence electrons. The van der Waals surface area contributed by atoms with Gasteiger partial charge < -0.3 is 15.7 Å². The molecule has 0 unspecified atom stereocenters. The van der Waals surface area contributed by atoms with Crippen molar-refractivity contribution in [3.8, 4) is 0 Å². The SMILES string of the molecule is Cc1c(NC(=O)NCCc2ccc(CO)cc2)cnn1CCC(C)C. The second kappa shape index (κ2) is 9.22. The standard InChI is InChI=1S/C19H28N4O2/c1-14(2)9-11-23-15(3)18(12-21-23)22-19(25)20-10-8-16-4-6-17(13-24)7-5-16/h4-7,12,14,24H,8-11,13H2,1-3H3,(H2,20,22,25). The van der Waals surface area contributed by atoms with Crippen LogP contribution in [0.4, 0.5) is 10.5 Å². The molecule has 2 rings (SSSR count). The number of amides is 2. The first-order chi connectivity index (χ1) is 12.0.